The second kappa shape index (κ2) is 12.4. The Hall–Kier alpha value is -4.38. The quantitative estimate of drug-likeness (QED) is 0.191. The SMILES string of the molecule is CCC(Oc1ccc(-c2ccccc2)cc1)C(=O)Oc1ccc(C(=O)OCCc2ccccc2)cc1. The lowest BCUT2D eigenvalue weighted by Gasteiger charge is -2.17. The molecule has 0 aromatic heterocycles. The summed E-state index contributed by atoms with van der Waals surface area (Å²) in [7, 11) is 0. The summed E-state index contributed by atoms with van der Waals surface area (Å²) in [5.74, 6) is 0.00902. The summed E-state index contributed by atoms with van der Waals surface area (Å²) in [5, 5.41) is 0. The van der Waals surface area contributed by atoms with Crippen molar-refractivity contribution in [3.05, 3.63) is 120 Å². The monoisotopic (exact) mass is 480 g/mol. The minimum atomic E-state index is -0.754. The van der Waals surface area contributed by atoms with E-state index in [2.05, 4.69) is 0 Å². The van der Waals surface area contributed by atoms with Crippen LogP contribution < -0.4 is 9.47 Å². The Morgan fingerprint density at radius 1 is 0.694 bits per heavy atom. The van der Waals surface area contributed by atoms with Crippen LogP contribution in [0.5, 0.6) is 11.5 Å². The van der Waals surface area contributed by atoms with Crippen LogP contribution >= 0.6 is 0 Å². The average Bonchev–Trinajstić information content (AvgIpc) is 2.93. The van der Waals surface area contributed by atoms with Crippen molar-refractivity contribution in [1.29, 1.82) is 0 Å². The molecule has 0 spiro atoms. The first-order valence-corrected chi connectivity index (χ1v) is 12.0. The zero-order chi connectivity index (χ0) is 25.2. The first kappa shape index (κ1) is 24.7. The molecule has 5 heteroatoms. The van der Waals surface area contributed by atoms with Gasteiger partial charge in [-0.05, 0) is 59.5 Å². The Balaban J connectivity index is 1.28. The molecule has 0 saturated heterocycles. The van der Waals surface area contributed by atoms with Crippen LogP contribution in [0.2, 0.25) is 0 Å². The topological polar surface area (TPSA) is 61.8 Å². The van der Waals surface area contributed by atoms with Crippen LogP contribution in [0.4, 0.5) is 0 Å². The summed E-state index contributed by atoms with van der Waals surface area (Å²) in [5.41, 5.74) is 3.67. The van der Waals surface area contributed by atoms with Gasteiger partial charge >= 0.3 is 11.9 Å². The van der Waals surface area contributed by atoms with Crippen molar-refractivity contribution in [3.8, 4) is 22.6 Å². The van der Waals surface area contributed by atoms with Crippen LogP contribution in [0.1, 0.15) is 29.3 Å². The van der Waals surface area contributed by atoms with Crippen LogP contribution in [0.25, 0.3) is 11.1 Å². The molecule has 0 heterocycles. The van der Waals surface area contributed by atoms with Gasteiger partial charge in [-0.2, -0.15) is 0 Å². The Morgan fingerprint density at radius 3 is 1.92 bits per heavy atom. The van der Waals surface area contributed by atoms with Crippen LogP contribution in [-0.2, 0) is 16.0 Å². The molecule has 0 N–H and O–H groups in total. The van der Waals surface area contributed by atoms with E-state index < -0.39 is 18.0 Å². The van der Waals surface area contributed by atoms with E-state index in [1.807, 2.05) is 91.9 Å². The van der Waals surface area contributed by atoms with E-state index in [4.69, 9.17) is 14.2 Å². The lowest BCUT2D eigenvalue weighted by atomic mass is 10.1. The van der Waals surface area contributed by atoms with E-state index in [0.29, 0.717) is 36.5 Å². The number of rotatable bonds is 10. The molecule has 0 amide bonds. The second-order valence-corrected chi connectivity index (χ2v) is 8.22. The van der Waals surface area contributed by atoms with Gasteiger partial charge in [-0.15, -0.1) is 0 Å². The highest BCUT2D eigenvalue weighted by Gasteiger charge is 2.21. The smallest absolute Gasteiger partial charge is 0.352 e. The summed E-state index contributed by atoms with van der Waals surface area (Å²) in [6.07, 6.45) is 0.344. The normalized spacial score (nSPS) is 11.4. The Morgan fingerprint density at radius 2 is 1.28 bits per heavy atom. The van der Waals surface area contributed by atoms with Crippen LogP contribution in [0.3, 0.4) is 0 Å². The maximum Gasteiger partial charge on any atom is 0.352 e. The van der Waals surface area contributed by atoms with Crippen molar-refractivity contribution in [2.24, 2.45) is 0 Å². The predicted molar refractivity (Wildman–Crippen MR) is 139 cm³/mol. The Bertz CT molecular complexity index is 1250. The van der Waals surface area contributed by atoms with Gasteiger partial charge in [-0.1, -0.05) is 79.7 Å². The van der Waals surface area contributed by atoms with Gasteiger partial charge < -0.3 is 14.2 Å². The second-order valence-electron chi connectivity index (χ2n) is 8.22. The molecule has 0 radical (unpaired) electrons. The highest BCUT2D eigenvalue weighted by atomic mass is 16.6. The standard InChI is InChI=1S/C31H28O5/c1-2-29(35-27-17-13-25(14-18-27)24-11-7-4-8-12-24)31(33)36-28-19-15-26(16-20-28)30(32)34-22-21-23-9-5-3-6-10-23/h3-20,29H,2,21-22H2,1H3. The van der Waals surface area contributed by atoms with Crippen molar-refractivity contribution in [2.45, 2.75) is 25.9 Å². The summed E-state index contributed by atoms with van der Waals surface area (Å²) in [4.78, 5) is 25.0. The number of carbonyl (C=O) groups is 2. The van der Waals surface area contributed by atoms with Crippen molar-refractivity contribution in [2.75, 3.05) is 6.61 Å². The molecule has 182 valence electrons. The van der Waals surface area contributed by atoms with E-state index in [1.165, 1.54) is 0 Å². The molecular formula is C31H28O5. The lowest BCUT2D eigenvalue weighted by molar-refractivity contribution is -0.142. The van der Waals surface area contributed by atoms with Crippen molar-refractivity contribution in [1.82, 2.24) is 0 Å². The van der Waals surface area contributed by atoms with E-state index >= 15 is 0 Å². The lowest BCUT2D eigenvalue weighted by Crippen LogP contribution is -2.30. The predicted octanol–water partition coefficient (Wildman–Crippen LogP) is 6.52. The molecule has 1 atom stereocenters. The number of hydrogen-bond donors (Lipinski definition) is 0. The molecule has 0 saturated carbocycles. The molecule has 0 aliphatic rings. The fourth-order valence-corrected chi connectivity index (χ4v) is 3.65. The van der Waals surface area contributed by atoms with Gasteiger partial charge in [0, 0.05) is 6.42 Å². The van der Waals surface area contributed by atoms with Gasteiger partial charge in [0.2, 0.25) is 0 Å². The summed E-state index contributed by atoms with van der Waals surface area (Å²) >= 11 is 0. The van der Waals surface area contributed by atoms with Crippen LogP contribution in [0.15, 0.2) is 109 Å². The van der Waals surface area contributed by atoms with Crippen LogP contribution in [-0.4, -0.2) is 24.6 Å². The third kappa shape index (κ3) is 6.83. The number of esters is 2. The van der Waals surface area contributed by atoms with Gasteiger partial charge in [0.15, 0.2) is 6.10 Å². The highest BCUT2D eigenvalue weighted by Crippen LogP contribution is 2.23. The summed E-state index contributed by atoms with van der Waals surface area (Å²) in [6.45, 7) is 2.15. The molecule has 4 aromatic carbocycles. The largest absolute Gasteiger partial charge is 0.479 e. The molecule has 1 unspecified atom stereocenters. The molecule has 4 rings (SSSR count). The molecule has 5 nitrogen and oxygen atoms in total. The number of ether oxygens (including phenoxy) is 3. The molecule has 4 aromatic rings. The Labute approximate surface area is 211 Å². The Kier molecular flexibility index (Phi) is 8.49. The summed E-state index contributed by atoms with van der Waals surface area (Å²) in [6, 6.07) is 33.8. The minimum absolute atomic E-state index is 0.293. The minimum Gasteiger partial charge on any atom is -0.479 e. The first-order chi connectivity index (χ1) is 17.6. The van der Waals surface area contributed by atoms with Crippen molar-refractivity contribution >= 4 is 11.9 Å². The summed E-state index contributed by atoms with van der Waals surface area (Å²) < 4.78 is 16.7. The number of carbonyl (C=O) groups excluding carboxylic acids is 2. The van der Waals surface area contributed by atoms with E-state index in [1.54, 1.807) is 24.3 Å². The van der Waals surface area contributed by atoms with E-state index in [9.17, 15) is 9.59 Å². The van der Waals surface area contributed by atoms with E-state index in [0.717, 1.165) is 16.7 Å². The fraction of sp³-hybridized carbons (Fsp3) is 0.161. The third-order valence-electron chi connectivity index (χ3n) is 5.65. The molecule has 0 fully saturated rings. The first-order valence-electron chi connectivity index (χ1n) is 12.0. The maximum atomic E-state index is 12.7. The van der Waals surface area contributed by atoms with Gasteiger partial charge in [0.25, 0.3) is 0 Å². The highest BCUT2D eigenvalue weighted by molar-refractivity contribution is 5.89. The van der Waals surface area contributed by atoms with Crippen molar-refractivity contribution < 1.29 is 23.8 Å². The van der Waals surface area contributed by atoms with Crippen LogP contribution in [0, 0.1) is 0 Å². The van der Waals surface area contributed by atoms with Gasteiger partial charge in [-0.3, -0.25) is 0 Å². The molecule has 0 aliphatic carbocycles. The molecule has 0 bridgehead atoms. The molecule has 0 aliphatic heterocycles. The third-order valence-corrected chi connectivity index (χ3v) is 5.65. The zero-order valence-corrected chi connectivity index (χ0v) is 20.1. The van der Waals surface area contributed by atoms with E-state index in [-0.39, 0.29) is 0 Å². The molecular weight excluding hydrogens is 452 g/mol. The maximum absolute atomic E-state index is 12.7. The van der Waals surface area contributed by atoms with Gasteiger partial charge in [0.1, 0.15) is 11.5 Å². The zero-order valence-electron chi connectivity index (χ0n) is 20.1. The fourth-order valence-electron chi connectivity index (χ4n) is 3.65. The number of hydrogen-bond acceptors (Lipinski definition) is 5. The number of benzene rings is 4. The van der Waals surface area contributed by atoms with Gasteiger partial charge in [-0.25, -0.2) is 9.59 Å². The van der Waals surface area contributed by atoms with Crippen molar-refractivity contribution in [3.63, 3.8) is 0 Å². The van der Waals surface area contributed by atoms with Gasteiger partial charge in [0.05, 0.1) is 12.2 Å². The average molecular weight is 481 g/mol. The molecule has 36 heavy (non-hydrogen) atoms.